The molecule has 1 amide bonds. The van der Waals surface area contributed by atoms with E-state index in [1.807, 2.05) is 20.8 Å². The van der Waals surface area contributed by atoms with Crippen LogP contribution in [0.25, 0.3) is 6.08 Å². The van der Waals surface area contributed by atoms with Crippen LogP contribution in [0.2, 0.25) is 5.02 Å². The third kappa shape index (κ3) is 8.02. The molecule has 0 aliphatic heterocycles. The van der Waals surface area contributed by atoms with Gasteiger partial charge < -0.3 is 24.6 Å². The summed E-state index contributed by atoms with van der Waals surface area (Å²) in [4.78, 5) is 24.0. The molecule has 7 nitrogen and oxygen atoms in total. The highest BCUT2D eigenvalue weighted by Gasteiger charge is 2.14. The molecule has 0 fully saturated rings. The van der Waals surface area contributed by atoms with E-state index < -0.39 is 11.9 Å². The number of rotatable bonds is 12. The van der Waals surface area contributed by atoms with Crippen molar-refractivity contribution >= 4 is 29.6 Å². The summed E-state index contributed by atoms with van der Waals surface area (Å²) in [6, 6.07) is 8.54. The summed E-state index contributed by atoms with van der Waals surface area (Å²) < 4.78 is 16.9. The van der Waals surface area contributed by atoms with E-state index >= 15 is 0 Å². The van der Waals surface area contributed by atoms with Crippen LogP contribution < -0.4 is 19.5 Å². The number of aryl methyl sites for hydroxylation is 2. The van der Waals surface area contributed by atoms with Crippen molar-refractivity contribution in [2.24, 2.45) is 0 Å². The first-order chi connectivity index (χ1) is 15.7. The van der Waals surface area contributed by atoms with Gasteiger partial charge in [-0.25, -0.2) is 4.79 Å². The molecule has 8 heteroatoms. The molecule has 2 N–H and O–H groups in total. The largest absolute Gasteiger partial charge is 0.490 e. The Morgan fingerprint density at radius 1 is 1.03 bits per heavy atom. The quantitative estimate of drug-likeness (QED) is 0.325. The number of carbonyl (C=O) groups excluding carboxylic acids is 1. The number of carboxylic acids is 1. The number of ether oxygens (including phenoxy) is 3. The third-order valence-electron chi connectivity index (χ3n) is 4.62. The Balaban J connectivity index is 2.12. The fourth-order valence-electron chi connectivity index (χ4n) is 2.97. The summed E-state index contributed by atoms with van der Waals surface area (Å²) in [7, 11) is 0. The molecular weight excluding hydrogens is 446 g/mol. The van der Waals surface area contributed by atoms with Crippen molar-refractivity contribution in [2.75, 3.05) is 19.8 Å². The van der Waals surface area contributed by atoms with Crippen molar-refractivity contribution in [3.63, 3.8) is 0 Å². The van der Waals surface area contributed by atoms with Crippen LogP contribution in [0.5, 0.6) is 17.2 Å². The summed E-state index contributed by atoms with van der Waals surface area (Å²) >= 11 is 6.14. The topological polar surface area (TPSA) is 94.1 Å². The molecule has 0 unspecified atom stereocenters. The van der Waals surface area contributed by atoms with Gasteiger partial charge in [-0.3, -0.25) is 4.79 Å². The van der Waals surface area contributed by atoms with Gasteiger partial charge in [0.25, 0.3) is 5.91 Å². The fourth-order valence-corrected chi connectivity index (χ4v) is 3.08. The molecule has 2 rings (SSSR count). The SMILES string of the molecule is CCCCOc1ccc(/C=C(/NC(=O)COc2cc(C)c(Cl)c(C)c2)C(=O)O)cc1OCC. The number of carboxylic acid groups (broad SMARTS) is 1. The van der Waals surface area contributed by atoms with Crippen LogP contribution in [0.4, 0.5) is 0 Å². The lowest BCUT2D eigenvalue weighted by Crippen LogP contribution is -2.31. The van der Waals surface area contributed by atoms with Crippen molar-refractivity contribution in [1.29, 1.82) is 0 Å². The van der Waals surface area contributed by atoms with Gasteiger partial charge in [0.1, 0.15) is 11.4 Å². The monoisotopic (exact) mass is 475 g/mol. The van der Waals surface area contributed by atoms with Crippen molar-refractivity contribution in [3.05, 3.63) is 57.7 Å². The number of unbranched alkanes of at least 4 members (excludes halogenated alkanes) is 1. The molecule has 0 saturated heterocycles. The Bertz CT molecular complexity index is 995. The van der Waals surface area contributed by atoms with E-state index in [1.165, 1.54) is 6.08 Å². The van der Waals surface area contributed by atoms with Gasteiger partial charge in [0, 0.05) is 5.02 Å². The standard InChI is InChI=1S/C25H30ClNO6/c1-5-7-10-32-21-9-8-18(14-22(21)31-6-2)13-20(25(29)30)27-23(28)15-33-19-11-16(3)24(26)17(4)12-19/h8-9,11-14H,5-7,10,15H2,1-4H3,(H,27,28)(H,29,30)/b20-13+. The average molecular weight is 476 g/mol. The van der Waals surface area contributed by atoms with Crippen LogP contribution in [-0.2, 0) is 9.59 Å². The van der Waals surface area contributed by atoms with Crippen molar-refractivity contribution in [1.82, 2.24) is 5.32 Å². The van der Waals surface area contributed by atoms with Gasteiger partial charge >= 0.3 is 5.97 Å². The molecule has 2 aromatic carbocycles. The number of nitrogens with one attached hydrogen (secondary N) is 1. The molecule has 0 aliphatic carbocycles. The number of amides is 1. The highest BCUT2D eigenvalue weighted by molar-refractivity contribution is 6.32. The van der Waals surface area contributed by atoms with E-state index in [-0.39, 0.29) is 12.3 Å². The minimum atomic E-state index is -1.28. The summed E-state index contributed by atoms with van der Waals surface area (Å²) in [5.74, 6) is -0.299. The maximum absolute atomic E-state index is 12.3. The van der Waals surface area contributed by atoms with Crippen LogP contribution in [0.1, 0.15) is 43.4 Å². The van der Waals surface area contributed by atoms with Crippen LogP contribution in [0.3, 0.4) is 0 Å². The van der Waals surface area contributed by atoms with E-state index in [0.717, 1.165) is 24.0 Å². The van der Waals surface area contributed by atoms with Crippen LogP contribution in [-0.4, -0.2) is 36.8 Å². The molecule has 178 valence electrons. The summed E-state index contributed by atoms with van der Waals surface area (Å²) in [5, 5.41) is 12.6. The lowest BCUT2D eigenvalue weighted by Gasteiger charge is -2.13. The molecule has 0 aliphatic rings. The van der Waals surface area contributed by atoms with E-state index in [2.05, 4.69) is 12.2 Å². The van der Waals surface area contributed by atoms with Crippen molar-refractivity contribution < 1.29 is 28.9 Å². The van der Waals surface area contributed by atoms with Gasteiger partial charge in [0.2, 0.25) is 0 Å². The normalized spacial score (nSPS) is 11.1. The maximum atomic E-state index is 12.3. The van der Waals surface area contributed by atoms with Crippen LogP contribution >= 0.6 is 11.6 Å². The van der Waals surface area contributed by atoms with Gasteiger partial charge in [0.05, 0.1) is 13.2 Å². The first kappa shape index (κ1) is 26.1. The Kier molecular flexibility index (Phi) is 10.1. The number of benzene rings is 2. The molecule has 33 heavy (non-hydrogen) atoms. The lowest BCUT2D eigenvalue weighted by molar-refractivity contribution is -0.134. The van der Waals surface area contributed by atoms with E-state index in [9.17, 15) is 14.7 Å². The molecule has 0 saturated carbocycles. The third-order valence-corrected chi connectivity index (χ3v) is 5.21. The number of hydrogen-bond donors (Lipinski definition) is 2. The minimum absolute atomic E-state index is 0.283. The zero-order chi connectivity index (χ0) is 24.4. The highest BCUT2D eigenvalue weighted by Crippen LogP contribution is 2.30. The van der Waals surface area contributed by atoms with Gasteiger partial charge in [-0.15, -0.1) is 0 Å². The maximum Gasteiger partial charge on any atom is 0.352 e. The smallest absolute Gasteiger partial charge is 0.352 e. The first-order valence-corrected chi connectivity index (χ1v) is 11.2. The molecule has 0 aromatic heterocycles. The van der Waals surface area contributed by atoms with Gasteiger partial charge in [0.15, 0.2) is 18.1 Å². The second-order valence-electron chi connectivity index (χ2n) is 7.41. The first-order valence-electron chi connectivity index (χ1n) is 10.8. The zero-order valence-corrected chi connectivity index (χ0v) is 20.1. The van der Waals surface area contributed by atoms with Gasteiger partial charge in [-0.05, 0) is 74.2 Å². The zero-order valence-electron chi connectivity index (χ0n) is 19.4. The average Bonchev–Trinajstić information content (AvgIpc) is 2.77. The number of halogens is 1. The Morgan fingerprint density at radius 3 is 2.33 bits per heavy atom. The van der Waals surface area contributed by atoms with Crippen molar-refractivity contribution in [3.8, 4) is 17.2 Å². The highest BCUT2D eigenvalue weighted by atomic mass is 35.5. The minimum Gasteiger partial charge on any atom is -0.490 e. The predicted molar refractivity (Wildman–Crippen MR) is 128 cm³/mol. The molecule has 0 atom stereocenters. The molecule has 0 bridgehead atoms. The molecule has 0 radical (unpaired) electrons. The summed E-state index contributed by atoms with van der Waals surface area (Å²) in [5.41, 5.74) is 1.91. The number of carbonyl (C=O) groups is 2. The molecule has 0 spiro atoms. The second kappa shape index (κ2) is 12.7. The molecule has 2 aromatic rings. The second-order valence-corrected chi connectivity index (χ2v) is 7.79. The fraction of sp³-hybridized carbons (Fsp3) is 0.360. The van der Waals surface area contributed by atoms with E-state index in [0.29, 0.717) is 41.0 Å². The van der Waals surface area contributed by atoms with E-state index in [1.54, 1.807) is 30.3 Å². The molecule has 0 heterocycles. The van der Waals surface area contributed by atoms with Crippen LogP contribution in [0, 0.1) is 13.8 Å². The predicted octanol–water partition coefficient (Wildman–Crippen LogP) is 5.16. The Hall–Kier alpha value is -3.19. The van der Waals surface area contributed by atoms with Gasteiger partial charge in [-0.1, -0.05) is 31.0 Å². The number of hydrogen-bond acceptors (Lipinski definition) is 5. The Morgan fingerprint density at radius 2 is 1.73 bits per heavy atom. The Labute approximate surface area is 199 Å². The van der Waals surface area contributed by atoms with Crippen LogP contribution in [0.15, 0.2) is 36.0 Å². The lowest BCUT2D eigenvalue weighted by atomic mass is 10.1. The summed E-state index contributed by atoms with van der Waals surface area (Å²) in [6.07, 6.45) is 3.28. The number of aliphatic carboxylic acids is 1. The molecular formula is C25H30ClNO6. The summed E-state index contributed by atoms with van der Waals surface area (Å²) in [6.45, 7) is 8.25. The van der Waals surface area contributed by atoms with E-state index in [4.69, 9.17) is 25.8 Å². The van der Waals surface area contributed by atoms with Gasteiger partial charge in [-0.2, -0.15) is 0 Å². The van der Waals surface area contributed by atoms with Crippen molar-refractivity contribution in [2.45, 2.75) is 40.5 Å².